The highest BCUT2D eigenvalue weighted by atomic mass is 32.2. The molecule has 0 aliphatic heterocycles. The van der Waals surface area contributed by atoms with Crippen molar-refractivity contribution in [3.63, 3.8) is 0 Å². The fourth-order valence-corrected chi connectivity index (χ4v) is 3.14. The molecule has 0 saturated heterocycles. The number of aromatic carboxylic acids is 1. The van der Waals surface area contributed by atoms with Gasteiger partial charge in [0.1, 0.15) is 5.56 Å². The fraction of sp³-hybridized carbons (Fsp3) is 0.286. The van der Waals surface area contributed by atoms with Gasteiger partial charge in [0.25, 0.3) is 0 Å². The zero-order chi connectivity index (χ0) is 17.9. The van der Waals surface area contributed by atoms with Crippen LogP contribution in [0.2, 0.25) is 0 Å². The second kappa shape index (κ2) is 6.89. The molecule has 1 aromatic carbocycles. The van der Waals surface area contributed by atoms with Gasteiger partial charge in [-0.3, -0.25) is 4.68 Å². The summed E-state index contributed by atoms with van der Waals surface area (Å²) in [5.41, 5.74) is 0.360. The van der Waals surface area contributed by atoms with E-state index in [1.165, 1.54) is 26.5 Å². The number of carboxylic acid groups (broad SMARTS) is 1. The molecule has 9 nitrogen and oxygen atoms in total. The van der Waals surface area contributed by atoms with Crippen LogP contribution in [0.4, 0.5) is 0 Å². The van der Waals surface area contributed by atoms with E-state index in [-0.39, 0.29) is 28.5 Å². The number of sulfonamides is 1. The Bertz CT molecular complexity index is 859. The number of aromatic nitrogens is 2. The van der Waals surface area contributed by atoms with E-state index >= 15 is 0 Å². The molecule has 0 radical (unpaired) electrons. The van der Waals surface area contributed by atoms with Gasteiger partial charge < -0.3 is 14.6 Å². The van der Waals surface area contributed by atoms with Crippen molar-refractivity contribution in [1.82, 2.24) is 14.5 Å². The third kappa shape index (κ3) is 3.66. The molecule has 24 heavy (non-hydrogen) atoms. The lowest BCUT2D eigenvalue weighted by Crippen LogP contribution is -2.23. The molecule has 1 aromatic heterocycles. The summed E-state index contributed by atoms with van der Waals surface area (Å²) in [6.07, 6.45) is 3.19. The number of rotatable bonds is 7. The van der Waals surface area contributed by atoms with Crippen LogP contribution in [0.15, 0.2) is 29.4 Å². The standard InChI is InChI=1S/C14H17N3O6S/c1-17-8-9(6-15-17)7-16-24(20,21)10-4-11(14(18)19)13(23-3)12(5-10)22-2/h4-6,8,16H,7H2,1-3H3,(H,18,19). The Morgan fingerprint density at radius 3 is 2.54 bits per heavy atom. The molecule has 0 aliphatic rings. The molecular weight excluding hydrogens is 338 g/mol. The summed E-state index contributed by atoms with van der Waals surface area (Å²) in [6.45, 7) is 0.0208. The third-order valence-electron chi connectivity index (χ3n) is 3.22. The van der Waals surface area contributed by atoms with Gasteiger partial charge in [-0.05, 0) is 6.07 Å². The first-order valence-electron chi connectivity index (χ1n) is 6.75. The summed E-state index contributed by atoms with van der Waals surface area (Å²) in [7, 11) is 0.337. The van der Waals surface area contributed by atoms with Crippen LogP contribution in [0.1, 0.15) is 15.9 Å². The first-order chi connectivity index (χ1) is 11.3. The van der Waals surface area contributed by atoms with Crippen molar-refractivity contribution in [2.75, 3.05) is 14.2 Å². The van der Waals surface area contributed by atoms with E-state index in [9.17, 15) is 18.3 Å². The Labute approximate surface area is 138 Å². The number of hydrogen-bond acceptors (Lipinski definition) is 6. The predicted molar refractivity (Wildman–Crippen MR) is 83.7 cm³/mol. The van der Waals surface area contributed by atoms with Gasteiger partial charge in [-0.2, -0.15) is 5.10 Å². The lowest BCUT2D eigenvalue weighted by Gasteiger charge is -2.13. The number of methoxy groups -OCH3 is 2. The molecule has 2 aromatic rings. The first kappa shape index (κ1) is 17.8. The Hall–Kier alpha value is -2.59. The summed E-state index contributed by atoms with van der Waals surface area (Å²) in [5.74, 6) is -1.36. The number of carbonyl (C=O) groups is 1. The molecule has 1 heterocycles. The van der Waals surface area contributed by atoms with Gasteiger partial charge in [-0.25, -0.2) is 17.9 Å². The molecule has 0 saturated carbocycles. The highest BCUT2D eigenvalue weighted by Gasteiger charge is 2.23. The second-order valence-electron chi connectivity index (χ2n) is 4.86. The largest absolute Gasteiger partial charge is 0.493 e. The minimum atomic E-state index is -3.95. The molecule has 10 heteroatoms. The molecule has 0 spiro atoms. The van der Waals surface area contributed by atoms with E-state index in [1.54, 1.807) is 17.9 Å². The van der Waals surface area contributed by atoms with E-state index in [1.807, 2.05) is 0 Å². The first-order valence-corrected chi connectivity index (χ1v) is 8.23. The van der Waals surface area contributed by atoms with Crippen molar-refractivity contribution in [3.8, 4) is 11.5 Å². The fourth-order valence-electron chi connectivity index (χ4n) is 2.08. The van der Waals surface area contributed by atoms with Gasteiger partial charge in [-0.15, -0.1) is 0 Å². The monoisotopic (exact) mass is 355 g/mol. The summed E-state index contributed by atoms with van der Waals surface area (Å²) in [4.78, 5) is 11.1. The number of ether oxygens (including phenoxy) is 2. The van der Waals surface area contributed by atoms with Crippen molar-refractivity contribution in [2.45, 2.75) is 11.4 Å². The number of hydrogen-bond donors (Lipinski definition) is 2. The van der Waals surface area contributed by atoms with Crippen LogP contribution < -0.4 is 14.2 Å². The van der Waals surface area contributed by atoms with Crippen molar-refractivity contribution in [3.05, 3.63) is 35.7 Å². The lowest BCUT2D eigenvalue weighted by molar-refractivity contribution is 0.0692. The number of carboxylic acids is 1. The second-order valence-corrected chi connectivity index (χ2v) is 6.63. The molecule has 0 bridgehead atoms. The SMILES string of the molecule is COc1cc(S(=O)(=O)NCc2cnn(C)c2)cc(C(=O)O)c1OC. The van der Waals surface area contributed by atoms with E-state index < -0.39 is 16.0 Å². The van der Waals surface area contributed by atoms with E-state index in [4.69, 9.17) is 9.47 Å². The molecular formula is C14H17N3O6S. The van der Waals surface area contributed by atoms with Crippen LogP contribution in [-0.2, 0) is 23.6 Å². The zero-order valence-corrected chi connectivity index (χ0v) is 14.1. The number of nitrogens with zero attached hydrogens (tertiary/aromatic N) is 2. The smallest absolute Gasteiger partial charge is 0.339 e. The van der Waals surface area contributed by atoms with E-state index in [0.717, 1.165) is 6.07 Å². The molecule has 0 fully saturated rings. The molecule has 2 N–H and O–H groups in total. The zero-order valence-electron chi connectivity index (χ0n) is 13.3. The highest BCUT2D eigenvalue weighted by Crippen LogP contribution is 2.34. The Morgan fingerprint density at radius 2 is 2.04 bits per heavy atom. The van der Waals surface area contributed by atoms with E-state index in [0.29, 0.717) is 5.56 Å². The van der Waals surface area contributed by atoms with Crippen LogP contribution in [0, 0.1) is 0 Å². The number of nitrogens with one attached hydrogen (secondary N) is 1. The summed E-state index contributed by atoms with van der Waals surface area (Å²) >= 11 is 0. The van der Waals surface area contributed by atoms with Gasteiger partial charge in [-0.1, -0.05) is 0 Å². The van der Waals surface area contributed by atoms with Gasteiger partial charge in [0.15, 0.2) is 11.5 Å². The third-order valence-corrected chi connectivity index (χ3v) is 4.60. The van der Waals surface area contributed by atoms with Crippen molar-refractivity contribution < 1.29 is 27.8 Å². The van der Waals surface area contributed by atoms with Gasteiger partial charge in [0.2, 0.25) is 10.0 Å². The normalized spacial score (nSPS) is 11.3. The average molecular weight is 355 g/mol. The van der Waals surface area contributed by atoms with Crippen LogP contribution in [-0.4, -0.2) is 43.5 Å². The minimum absolute atomic E-state index is 0.0131. The van der Waals surface area contributed by atoms with Gasteiger partial charge in [0.05, 0.1) is 25.3 Å². The van der Waals surface area contributed by atoms with Crippen LogP contribution in [0.3, 0.4) is 0 Å². The topological polar surface area (TPSA) is 120 Å². The lowest BCUT2D eigenvalue weighted by atomic mass is 10.2. The minimum Gasteiger partial charge on any atom is -0.493 e. The Balaban J connectivity index is 2.38. The van der Waals surface area contributed by atoms with Crippen molar-refractivity contribution in [1.29, 1.82) is 0 Å². The van der Waals surface area contributed by atoms with Crippen LogP contribution in [0.5, 0.6) is 11.5 Å². The maximum atomic E-state index is 12.4. The average Bonchev–Trinajstić information content (AvgIpc) is 2.97. The van der Waals surface area contributed by atoms with Crippen molar-refractivity contribution in [2.24, 2.45) is 7.05 Å². The molecule has 2 rings (SSSR count). The number of benzene rings is 1. The van der Waals surface area contributed by atoms with Crippen LogP contribution in [0.25, 0.3) is 0 Å². The van der Waals surface area contributed by atoms with Gasteiger partial charge >= 0.3 is 5.97 Å². The highest BCUT2D eigenvalue weighted by molar-refractivity contribution is 7.89. The van der Waals surface area contributed by atoms with Crippen LogP contribution >= 0.6 is 0 Å². The predicted octanol–water partition coefficient (Wildman–Crippen LogP) is 0.614. The Kier molecular flexibility index (Phi) is 5.10. The summed E-state index contributed by atoms with van der Waals surface area (Å²) in [5, 5.41) is 13.2. The maximum absolute atomic E-state index is 12.4. The molecule has 0 unspecified atom stereocenters. The van der Waals surface area contributed by atoms with E-state index in [2.05, 4.69) is 9.82 Å². The Morgan fingerprint density at radius 1 is 1.33 bits per heavy atom. The molecule has 0 aliphatic carbocycles. The van der Waals surface area contributed by atoms with Gasteiger partial charge in [0, 0.05) is 31.4 Å². The molecule has 130 valence electrons. The van der Waals surface area contributed by atoms with Crippen molar-refractivity contribution >= 4 is 16.0 Å². The maximum Gasteiger partial charge on any atom is 0.339 e. The number of aryl methyl sites for hydroxylation is 1. The summed E-state index contributed by atoms with van der Waals surface area (Å²) in [6, 6.07) is 2.23. The quantitative estimate of drug-likeness (QED) is 0.747. The molecule has 0 amide bonds. The summed E-state index contributed by atoms with van der Waals surface area (Å²) < 4.78 is 38.8. The molecule has 0 atom stereocenters.